The van der Waals surface area contributed by atoms with Crippen LogP contribution in [0, 0.1) is 11.6 Å². The van der Waals surface area contributed by atoms with Crippen molar-refractivity contribution in [1.29, 1.82) is 0 Å². The minimum absolute atomic E-state index is 0.0315. The zero-order valence-electron chi connectivity index (χ0n) is 20.2. The van der Waals surface area contributed by atoms with Gasteiger partial charge in [0.05, 0.1) is 18.1 Å². The fourth-order valence-corrected chi connectivity index (χ4v) is 5.12. The molecule has 0 saturated heterocycles. The van der Waals surface area contributed by atoms with E-state index in [1.807, 2.05) is 6.92 Å². The van der Waals surface area contributed by atoms with Gasteiger partial charge in [-0.15, -0.1) is 0 Å². The molecule has 0 amide bonds. The molecule has 0 aliphatic heterocycles. The molecule has 0 bridgehead atoms. The third-order valence-corrected chi connectivity index (χ3v) is 6.98. The molecule has 4 aromatic rings. The Morgan fingerprint density at radius 2 is 1.89 bits per heavy atom. The largest absolute Gasteiger partial charge is 0.508 e. The number of phenolic OH excluding ortho intramolecular Hbond substituents is 1. The van der Waals surface area contributed by atoms with Gasteiger partial charge in [-0.3, -0.25) is 4.98 Å². The number of halogens is 2. The highest BCUT2D eigenvalue weighted by Crippen LogP contribution is 2.38. The summed E-state index contributed by atoms with van der Waals surface area (Å²) >= 11 is 0. The van der Waals surface area contributed by atoms with E-state index in [1.54, 1.807) is 6.07 Å². The molecule has 1 saturated carbocycles. The predicted molar refractivity (Wildman–Crippen MR) is 134 cm³/mol. The van der Waals surface area contributed by atoms with Gasteiger partial charge >= 0.3 is 6.01 Å². The number of hydrogen-bond donors (Lipinski definition) is 3. The van der Waals surface area contributed by atoms with Crippen LogP contribution in [-0.2, 0) is 6.42 Å². The number of pyridine rings is 1. The van der Waals surface area contributed by atoms with Crippen LogP contribution < -0.4 is 10.1 Å². The summed E-state index contributed by atoms with van der Waals surface area (Å²) in [5.41, 5.74) is -0.288. The summed E-state index contributed by atoms with van der Waals surface area (Å²) < 4.78 is 35.9. The number of nitrogens with one attached hydrogen (secondary N) is 1. The first kappa shape index (κ1) is 24.1. The molecule has 188 valence electrons. The van der Waals surface area contributed by atoms with E-state index in [-0.39, 0.29) is 35.1 Å². The van der Waals surface area contributed by atoms with Crippen LogP contribution in [0.3, 0.4) is 0 Å². The first-order valence-corrected chi connectivity index (χ1v) is 12.1. The quantitative estimate of drug-likeness (QED) is 0.325. The number of aromatic nitrogens is 3. The van der Waals surface area contributed by atoms with Crippen LogP contribution in [0.25, 0.3) is 32.9 Å². The first-order valence-electron chi connectivity index (χ1n) is 12.1. The van der Waals surface area contributed by atoms with Gasteiger partial charge in [0, 0.05) is 18.3 Å². The highest BCUT2D eigenvalue weighted by atomic mass is 19.1. The molecule has 7 nitrogen and oxygen atoms in total. The second kappa shape index (κ2) is 9.46. The molecule has 1 fully saturated rings. The van der Waals surface area contributed by atoms with Crippen LogP contribution in [0.2, 0.25) is 0 Å². The topological polar surface area (TPSA) is 100 Å². The van der Waals surface area contributed by atoms with Gasteiger partial charge in [-0.05, 0) is 53.8 Å². The molecule has 0 unspecified atom stereocenters. The molecule has 1 aliphatic carbocycles. The molecular weight excluding hydrogens is 466 g/mol. The summed E-state index contributed by atoms with van der Waals surface area (Å²) in [6, 6.07) is 5.74. The number of fused-ring (bicyclic) bond motifs is 2. The van der Waals surface area contributed by atoms with Gasteiger partial charge in [-0.2, -0.15) is 9.97 Å². The average Bonchev–Trinajstić information content (AvgIpc) is 2.88. The highest BCUT2D eigenvalue weighted by molar-refractivity contribution is 6.01. The van der Waals surface area contributed by atoms with Crippen molar-refractivity contribution in [1.82, 2.24) is 15.0 Å². The summed E-state index contributed by atoms with van der Waals surface area (Å²) in [5, 5.41) is 25.8. The Kier molecular flexibility index (Phi) is 6.34. The van der Waals surface area contributed by atoms with Crippen LogP contribution in [0.15, 0.2) is 30.5 Å². The number of aliphatic hydroxyl groups is 1. The molecule has 36 heavy (non-hydrogen) atoms. The van der Waals surface area contributed by atoms with E-state index >= 15 is 4.39 Å². The van der Waals surface area contributed by atoms with Gasteiger partial charge in [0.25, 0.3) is 0 Å². The maximum atomic E-state index is 16.1. The number of hydrogen-bond acceptors (Lipinski definition) is 7. The maximum absolute atomic E-state index is 16.1. The standard InChI is InChI=1S/C27H28F2N4O3/c1-3-17-20(28)8-7-15-11-16(34)12-18(21(15)17)23-22(29)24-19(13-30-23)25(33-26(32-24)36-2)31-14-27(35)9-5-4-6-10-27/h7-8,11-13,34-35H,3-6,9-10,14H2,1-2H3,(H,31,32,33). The second-order valence-electron chi connectivity index (χ2n) is 9.35. The van der Waals surface area contributed by atoms with Gasteiger partial charge in [0.1, 0.15) is 28.6 Å². The Balaban J connectivity index is 1.66. The van der Waals surface area contributed by atoms with Gasteiger partial charge in [0.2, 0.25) is 0 Å². The smallest absolute Gasteiger partial charge is 0.318 e. The number of anilines is 1. The maximum Gasteiger partial charge on any atom is 0.318 e. The third-order valence-electron chi connectivity index (χ3n) is 6.98. The van der Waals surface area contributed by atoms with Crippen molar-refractivity contribution in [3.63, 3.8) is 0 Å². The summed E-state index contributed by atoms with van der Waals surface area (Å²) in [5.74, 6) is -0.939. The summed E-state index contributed by atoms with van der Waals surface area (Å²) in [6.45, 7) is 2.07. The molecule has 5 rings (SSSR count). The summed E-state index contributed by atoms with van der Waals surface area (Å²) in [6.07, 6.45) is 6.17. The van der Waals surface area contributed by atoms with E-state index in [1.165, 1.54) is 31.5 Å². The summed E-state index contributed by atoms with van der Waals surface area (Å²) in [7, 11) is 1.39. The van der Waals surface area contributed by atoms with Gasteiger partial charge in [-0.1, -0.05) is 32.3 Å². The predicted octanol–water partition coefficient (Wildman–Crippen LogP) is 5.51. The molecule has 2 aromatic carbocycles. The Labute approximate surface area is 207 Å². The number of phenols is 1. The van der Waals surface area contributed by atoms with Crippen molar-refractivity contribution < 1.29 is 23.7 Å². The second-order valence-corrected chi connectivity index (χ2v) is 9.35. The molecule has 0 atom stereocenters. The van der Waals surface area contributed by atoms with Crippen molar-refractivity contribution >= 4 is 27.5 Å². The van der Waals surface area contributed by atoms with E-state index in [4.69, 9.17) is 4.74 Å². The fraction of sp³-hybridized carbons (Fsp3) is 0.370. The number of ether oxygens (including phenoxy) is 1. The number of rotatable bonds is 6. The number of aromatic hydroxyl groups is 1. The number of aryl methyl sites for hydroxylation is 1. The molecule has 0 radical (unpaired) electrons. The van der Waals surface area contributed by atoms with E-state index in [2.05, 4.69) is 20.3 Å². The number of nitrogens with zero attached hydrogens (tertiary/aromatic N) is 3. The van der Waals surface area contributed by atoms with E-state index in [9.17, 15) is 14.6 Å². The first-order chi connectivity index (χ1) is 17.3. The zero-order chi connectivity index (χ0) is 25.4. The Morgan fingerprint density at radius 1 is 1.11 bits per heavy atom. The SMILES string of the molecule is CCc1c(F)ccc2cc(O)cc(-c3ncc4c(NCC5(O)CCCCC5)nc(OC)nc4c3F)c12. The fourth-order valence-electron chi connectivity index (χ4n) is 5.12. The van der Waals surface area contributed by atoms with Crippen LogP contribution in [0.5, 0.6) is 11.8 Å². The minimum Gasteiger partial charge on any atom is -0.508 e. The lowest BCUT2D eigenvalue weighted by molar-refractivity contribution is 0.0167. The summed E-state index contributed by atoms with van der Waals surface area (Å²) in [4.78, 5) is 12.9. The molecule has 0 spiro atoms. The van der Waals surface area contributed by atoms with Crippen LogP contribution in [0.1, 0.15) is 44.6 Å². The Hall–Kier alpha value is -3.59. The molecule has 3 N–H and O–H groups in total. The van der Waals surface area contributed by atoms with Gasteiger partial charge in [0.15, 0.2) is 5.82 Å². The van der Waals surface area contributed by atoms with Crippen LogP contribution >= 0.6 is 0 Å². The lowest BCUT2D eigenvalue weighted by Gasteiger charge is -2.32. The van der Waals surface area contributed by atoms with Gasteiger partial charge < -0.3 is 20.3 Å². The lowest BCUT2D eigenvalue weighted by atomic mass is 9.85. The molecule has 9 heteroatoms. The average molecular weight is 495 g/mol. The molecule has 2 heterocycles. The monoisotopic (exact) mass is 494 g/mol. The van der Waals surface area contributed by atoms with E-state index in [0.29, 0.717) is 46.8 Å². The third kappa shape index (κ3) is 4.28. The molecule has 2 aromatic heterocycles. The molecule has 1 aliphatic rings. The Morgan fingerprint density at radius 3 is 2.61 bits per heavy atom. The van der Waals surface area contributed by atoms with Crippen molar-refractivity contribution in [2.45, 2.75) is 51.0 Å². The molecular formula is C27H28F2N4O3. The van der Waals surface area contributed by atoms with Crippen molar-refractivity contribution in [2.24, 2.45) is 0 Å². The van der Waals surface area contributed by atoms with Crippen LogP contribution in [-0.4, -0.2) is 44.4 Å². The van der Waals surface area contributed by atoms with Crippen molar-refractivity contribution in [3.05, 3.63) is 47.7 Å². The van der Waals surface area contributed by atoms with Crippen LogP contribution in [0.4, 0.5) is 14.6 Å². The number of benzene rings is 2. The lowest BCUT2D eigenvalue weighted by Crippen LogP contribution is -2.39. The normalized spacial score (nSPS) is 15.4. The van der Waals surface area contributed by atoms with Gasteiger partial charge in [-0.25, -0.2) is 8.78 Å². The highest BCUT2D eigenvalue weighted by Gasteiger charge is 2.29. The Bertz CT molecular complexity index is 1450. The van der Waals surface area contributed by atoms with E-state index < -0.39 is 17.2 Å². The van der Waals surface area contributed by atoms with E-state index in [0.717, 1.165) is 19.3 Å². The van der Waals surface area contributed by atoms with Crippen molar-refractivity contribution in [2.75, 3.05) is 19.0 Å². The zero-order valence-corrected chi connectivity index (χ0v) is 20.2. The number of methoxy groups -OCH3 is 1. The minimum atomic E-state index is -0.865. The van der Waals surface area contributed by atoms with Crippen molar-refractivity contribution in [3.8, 4) is 23.0 Å².